The van der Waals surface area contributed by atoms with E-state index in [0.29, 0.717) is 14.9 Å². The van der Waals surface area contributed by atoms with Crippen LogP contribution in [0.15, 0.2) is 30.3 Å². The lowest BCUT2D eigenvalue weighted by Gasteiger charge is -2.27. The number of carbonyl (C=O) groups is 2. The Kier molecular flexibility index (Phi) is 6.07. The molecule has 1 amide bonds. The van der Waals surface area contributed by atoms with Gasteiger partial charge in [-0.05, 0) is 50.6 Å². The fourth-order valence-electron chi connectivity index (χ4n) is 2.30. The highest BCUT2D eigenvalue weighted by molar-refractivity contribution is 7.14. The number of carbonyl (C=O) groups excluding carboxylic acids is 2. The molecule has 1 aromatic carbocycles. The first-order valence-electron chi connectivity index (χ1n) is 7.55. The zero-order valence-corrected chi connectivity index (χ0v) is 16.1. The average Bonchev–Trinajstić information content (AvgIpc) is 2.93. The van der Waals surface area contributed by atoms with Crippen molar-refractivity contribution in [2.75, 3.05) is 0 Å². The van der Waals surface area contributed by atoms with Gasteiger partial charge in [-0.3, -0.25) is 9.59 Å². The largest absolute Gasteiger partial charge is 0.347 e. The minimum Gasteiger partial charge on any atom is -0.347 e. The highest BCUT2D eigenvalue weighted by Gasteiger charge is 2.24. The number of amides is 1. The monoisotopic (exact) mass is 383 g/mol. The second-order valence-corrected chi connectivity index (χ2v) is 8.24. The second kappa shape index (κ2) is 7.68. The van der Waals surface area contributed by atoms with Gasteiger partial charge in [0.15, 0.2) is 5.78 Å². The van der Waals surface area contributed by atoms with Crippen molar-refractivity contribution in [1.82, 2.24) is 5.32 Å². The van der Waals surface area contributed by atoms with Gasteiger partial charge < -0.3 is 5.32 Å². The SMILES string of the molecule is Cc1ccc(C(=O)CCC(=O)NC(C)(C)c2ccc(Cl)c(Cl)c2)s1. The number of hydrogen-bond donors (Lipinski definition) is 1. The summed E-state index contributed by atoms with van der Waals surface area (Å²) >= 11 is 13.4. The summed E-state index contributed by atoms with van der Waals surface area (Å²) < 4.78 is 0. The molecule has 128 valence electrons. The zero-order chi connectivity index (χ0) is 17.9. The van der Waals surface area contributed by atoms with Crippen LogP contribution < -0.4 is 5.32 Å². The molecule has 2 aromatic rings. The molecule has 0 spiro atoms. The quantitative estimate of drug-likeness (QED) is 0.680. The molecule has 0 radical (unpaired) electrons. The van der Waals surface area contributed by atoms with E-state index < -0.39 is 5.54 Å². The number of halogens is 2. The normalized spacial score (nSPS) is 11.4. The van der Waals surface area contributed by atoms with Crippen LogP contribution in [0, 0.1) is 6.92 Å². The fourth-order valence-corrected chi connectivity index (χ4v) is 3.44. The molecule has 1 heterocycles. The van der Waals surface area contributed by atoms with E-state index in [1.807, 2.05) is 32.9 Å². The summed E-state index contributed by atoms with van der Waals surface area (Å²) in [6, 6.07) is 8.98. The number of nitrogens with one attached hydrogen (secondary N) is 1. The highest BCUT2D eigenvalue weighted by atomic mass is 35.5. The molecule has 3 nitrogen and oxygen atoms in total. The molecule has 6 heteroatoms. The Morgan fingerprint density at radius 2 is 1.79 bits per heavy atom. The topological polar surface area (TPSA) is 46.2 Å². The summed E-state index contributed by atoms with van der Waals surface area (Å²) in [5.74, 6) is -0.178. The van der Waals surface area contributed by atoms with E-state index in [1.165, 1.54) is 11.3 Å². The molecule has 0 unspecified atom stereocenters. The molecule has 0 aliphatic heterocycles. The molecular formula is C18H19Cl2NO2S. The summed E-state index contributed by atoms with van der Waals surface area (Å²) in [7, 11) is 0. The van der Waals surface area contributed by atoms with Crippen LogP contribution in [0.3, 0.4) is 0 Å². The van der Waals surface area contributed by atoms with E-state index >= 15 is 0 Å². The van der Waals surface area contributed by atoms with Crippen molar-refractivity contribution in [3.8, 4) is 0 Å². The highest BCUT2D eigenvalue weighted by Crippen LogP contribution is 2.28. The van der Waals surface area contributed by atoms with Crippen molar-refractivity contribution in [2.45, 2.75) is 39.2 Å². The van der Waals surface area contributed by atoms with Crippen molar-refractivity contribution >= 4 is 46.2 Å². The van der Waals surface area contributed by atoms with Crippen LogP contribution >= 0.6 is 34.5 Å². The van der Waals surface area contributed by atoms with Crippen LogP contribution in [0.4, 0.5) is 0 Å². The Morgan fingerprint density at radius 1 is 1.08 bits per heavy atom. The van der Waals surface area contributed by atoms with Crippen LogP contribution in [-0.4, -0.2) is 11.7 Å². The first-order chi connectivity index (χ1) is 11.2. The van der Waals surface area contributed by atoms with Gasteiger partial charge in [0.25, 0.3) is 0 Å². The van der Waals surface area contributed by atoms with Gasteiger partial charge in [0.05, 0.1) is 20.5 Å². The van der Waals surface area contributed by atoms with Crippen LogP contribution in [-0.2, 0) is 10.3 Å². The molecule has 1 aromatic heterocycles. The number of aryl methyl sites for hydroxylation is 1. The standard InChI is InChI=1S/C18H19Cl2NO2S/c1-11-4-8-16(24-11)15(22)7-9-17(23)21-18(2,3)12-5-6-13(19)14(20)10-12/h4-6,8,10H,7,9H2,1-3H3,(H,21,23). The second-order valence-electron chi connectivity index (χ2n) is 6.14. The predicted molar refractivity (Wildman–Crippen MR) is 100 cm³/mol. The van der Waals surface area contributed by atoms with E-state index in [2.05, 4.69) is 5.32 Å². The minimum absolute atomic E-state index is 0.00408. The third kappa shape index (κ3) is 4.82. The van der Waals surface area contributed by atoms with Gasteiger partial charge in [0.2, 0.25) is 5.91 Å². The van der Waals surface area contributed by atoms with Crippen molar-refractivity contribution < 1.29 is 9.59 Å². The predicted octanol–water partition coefficient (Wildman–Crippen LogP) is 5.38. The molecule has 1 N–H and O–H groups in total. The van der Waals surface area contributed by atoms with E-state index in [1.54, 1.807) is 18.2 Å². The molecule has 0 aliphatic rings. The molecule has 0 saturated carbocycles. The van der Waals surface area contributed by atoms with Gasteiger partial charge in [0, 0.05) is 17.7 Å². The third-order valence-corrected chi connectivity index (χ3v) is 5.47. The molecule has 0 atom stereocenters. The van der Waals surface area contributed by atoms with E-state index in [9.17, 15) is 9.59 Å². The average molecular weight is 384 g/mol. The molecule has 0 aliphatic carbocycles. The molecule has 0 bridgehead atoms. The number of Topliss-reactive ketones (excluding diaryl/α,β-unsaturated/α-hetero) is 1. The third-order valence-electron chi connectivity index (χ3n) is 3.69. The zero-order valence-electron chi connectivity index (χ0n) is 13.8. The smallest absolute Gasteiger partial charge is 0.221 e. The molecule has 24 heavy (non-hydrogen) atoms. The maximum absolute atomic E-state index is 12.2. The first-order valence-corrected chi connectivity index (χ1v) is 9.12. The van der Waals surface area contributed by atoms with Crippen molar-refractivity contribution in [1.29, 1.82) is 0 Å². The lowest BCUT2D eigenvalue weighted by atomic mass is 9.94. The van der Waals surface area contributed by atoms with E-state index in [0.717, 1.165) is 10.4 Å². The molecule has 2 rings (SSSR count). The Hall–Kier alpha value is -1.36. The van der Waals surface area contributed by atoms with Gasteiger partial charge in [0.1, 0.15) is 0 Å². The maximum Gasteiger partial charge on any atom is 0.221 e. The van der Waals surface area contributed by atoms with Crippen LogP contribution in [0.5, 0.6) is 0 Å². The number of benzene rings is 1. The summed E-state index contributed by atoms with van der Waals surface area (Å²) in [6.07, 6.45) is 0.351. The van der Waals surface area contributed by atoms with Gasteiger partial charge >= 0.3 is 0 Å². The van der Waals surface area contributed by atoms with Crippen molar-refractivity contribution in [3.05, 3.63) is 55.7 Å². The Balaban J connectivity index is 1.95. The van der Waals surface area contributed by atoms with Gasteiger partial charge in [-0.1, -0.05) is 29.3 Å². The van der Waals surface area contributed by atoms with Gasteiger partial charge in [-0.15, -0.1) is 11.3 Å². The van der Waals surface area contributed by atoms with E-state index in [4.69, 9.17) is 23.2 Å². The van der Waals surface area contributed by atoms with Crippen LogP contribution in [0.1, 0.15) is 46.8 Å². The van der Waals surface area contributed by atoms with Gasteiger partial charge in [-0.2, -0.15) is 0 Å². The van der Waals surface area contributed by atoms with Crippen molar-refractivity contribution in [3.63, 3.8) is 0 Å². The van der Waals surface area contributed by atoms with Crippen LogP contribution in [0.25, 0.3) is 0 Å². The summed E-state index contributed by atoms with van der Waals surface area (Å²) in [5, 5.41) is 3.86. The lowest BCUT2D eigenvalue weighted by Crippen LogP contribution is -2.41. The first kappa shape index (κ1) is 19.0. The summed E-state index contributed by atoms with van der Waals surface area (Å²) in [5.41, 5.74) is 0.249. The molecule has 0 fully saturated rings. The molecular weight excluding hydrogens is 365 g/mol. The number of ketones is 1. The van der Waals surface area contributed by atoms with Gasteiger partial charge in [-0.25, -0.2) is 0 Å². The number of rotatable bonds is 6. The fraction of sp³-hybridized carbons (Fsp3) is 0.333. The lowest BCUT2D eigenvalue weighted by molar-refractivity contribution is -0.122. The minimum atomic E-state index is -0.603. The Morgan fingerprint density at radius 3 is 2.38 bits per heavy atom. The molecule has 0 saturated heterocycles. The Bertz CT molecular complexity index is 768. The maximum atomic E-state index is 12.2. The Labute approximate surface area is 156 Å². The number of thiophene rings is 1. The van der Waals surface area contributed by atoms with E-state index in [-0.39, 0.29) is 24.5 Å². The summed E-state index contributed by atoms with van der Waals surface area (Å²) in [4.78, 5) is 26.1. The van der Waals surface area contributed by atoms with Crippen LogP contribution in [0.2, 0.25) is 10.0 Å². The summed E-state index contributed by atoms with van der Waals surface area (Å²) in [6.45, 7) is 5.72. The number of hydrogen-bond acceptors (Lipinski definition) is 3. The van der Waals surface area contributed by atoms with Crippen molar-refractivity contribution in [2.24, 2.45) is 0 Å².